The maximum atomic E-state index is 11.9. The number of rotatable bonds is 11. The van der Waals surface area contributed by atoms with Crippen molar-refractivity contribution in [3.63, 3.8) is 0 Å². The van der Waals surface area contributed by atoms with Crippen LogP contribution in [-0.2, 0) is 51.3 Å². The Hall–Kier alpha value is -3.68. The largest absolute Gasteiger partial charge is 0.458 e. The van der Waals surface area contributed by atoms with E-state index in [1.165, 1.54) is 13.8 Å². The van der Waals surface area contributed by atoms with Crippen molar-refractivity contribution in [2.75, 3.05) is 0 Å². The zero-order valence-electron chi connectivity index (χ0n) is 18.0. The number of benzene rings is 2. The van der Waals surface area contributed by atoms with Crippen molar-refractivity contribution in [3.05, 3.63) is 71.8 Å². The number of carbonyl (C=O) groups excluding carboxylic acids is 4. The van der Waals surface area contributed by atoms with Gasteiger partial charge < -0.3 is 18.9 Å². The Labute approximate surface area is 186 Å². The van der Waals surface area contributed by atoms with Gasteiger partial charge in [0.1, 0.15) is 13.2 Å². The fourth-order valence-corrected chi connectivity index (χ4v) is 2.50. The normalized spacial score (nSPS) is 12.2. The molecule has 2 rings (SSSR count). The van der Waals surface area contributed by atoms with E-state index in [1.54, 1.807) is 24.3 Å². The summed E-state index contributed by atoms with van der Waals surface area (Å²) in [5.41, 5.74) is 1.61. The molecule has 0 bridgehead atoms. The van der Waals surface area contributed by atoms with Crippen molar-refractivity contribution < 1.29 is 38.1 Å². The predicted molar refractivity (Wildman–Crippen MR) is 113 cm³/mol. The van der Waals surface area contributed by atoms with E-state index in [2.05, 4.69) is 0 Å². The maximum Gasteiger partial charge on any atom is 0.347 e. The molecule has 0 spiro atoms. The first-order valence-electron chi connectivity index (χ1n) is 10.1. The summed E-state index contributed by atoms with van der Waals surface area (Å²) in [7, 11) is 0. The molecule has 0 N–H and O–H groups in total. The number of hydrogen-bond acceptors (Lipinski definition) is 8. The van der Waals surface area contributed by atoms with Crippen LogP contribution < -0.4 is 0 Å². The van der Waals surface area contributed by atoms with Crippen LogP contribution in [0.15, 0.2) is 60.7 Å². The highest BCUT2D eigenvalue weighted by Gasteiger charge is 2.22. The van der Waals surface area contributed by atoms with Gasteiger partial charge in [-0.1, -0.05) is 60.7 Å². The average molecular weight is 442 g/mol. The predicted octanol–water partition coefficient (Wildman–Crippen LogP) is 3.12. The van der Waals surface area contributed by atoms with Crippen molar-refractivity contribution in [1.29, 1.82) is 0 Å². The SMILES string of the molecule is C[C@H](OC(=O)CCC(=O)O[C@@H](C)C(=O)OCc1ccccc1)C(=O)OCc1ccccc1. The molecule has 0 heterocycles. The molecule has 0 aliphatic rings. The first-order chi connectivity index (χ1) is 15.3. The highest BCUT2D eigenvalue weighted by molar-refractivity contribution is 5.83. The molecule has 170 valence electrons. The van der Waals surface area contributed by atoms with E-state index in [-0.39, 0.29) is 26.1 Å². The standard InChI is InChI=1S/C24H26O8/c1-17(23(27)29-15-19-9-5-3-6-10-19)31-21(25)13-14-22(26)32-18(2)24(28)30-16-20-11-7-4-8-12-20/h3-12,17-18H,13-16H2,1-2H3/t17-,18-/m0/s1. The minimum absolute atomic E-state index is 0.0617. The topological polar surface area (TPSA) is 105 Å². The van der Waals surface area contributed by atoms with Gasteiger partial charge in [0.2, 0.25) is 0 Å². The zero-order chi connectivity index (χ0) is 23.3. The molecule has 0 radical (unpaired) electrons. The van der Waals surface area contributed by atoms with Gasteiger partial charge in [-0.05, 0) is 25.0 Å². The Morgan fingerprint density at radius 3 is 1.31 bits per heavy atom. The van der Waals surface area contributed by atoms with Crippen molar-refractivity contribution in [2.24, 2.45) is 0 Å². The summed E-state index contributed by atoms with van der Waals surface area (Å²) in [5, 5.41) is 0. The van der Waals surface area contributed by atoms with Gasteiger partial charge in [-0.2, -0.15) is 0 Å². The van der Waals surface area contributed by atoms with Gasteiger partial charge in [0.05, 0.1) is 12.8 Å². The molecule has 0 aliphatic carbocycles. The fourth-order valence-electron chi connectivity index (χ4n) is 2.50. The first-order valence-corrected chi connectivity index (χ1v) is 10.1. The molecule has 2 aromatic carbocycles. The van der Waals surface area contributed by atoms with E-state index in [9.17, 15) is 19.2 Å². The smallest absolute Gasteiger partial charge is 0.347 e. The number of esters is 4. The Kier molecular flexibility index (Phi) is 9.90. The molecule has 8 nitrogen and oxygen atoms in total. The van der Waals surface area contributed by atoms with Crippen LogP contribution in [0.3, 0.4) is 0 Å². The fraction of sp³-hybridized carbons (Fsp3) is 0.333. The van der Waals surface area contributed by atoms with E-state index in [4.69, 9.17) is 18.9 Å². The minimum Gasteiger partial charge on any atom is -0.458 e. The summed E-state index contributed by atoms with van der Waals surface area (Å²) in [5.74, 6) is -2.91. The molecule has 2 atom stereocenters. The molecular weight excluding hydrogens is 416 g/mol. The molecular formula is C24H26O8. The van der Waals surface area contributed by atoms with Crippen LogP contribution in [0.1, 0.15) is 37.8 Å². The third-order valence-electron chi connectivity index (χ3n) is 4.26. The molecule has 0 aliphatic heterocycles. The van der Waals surface area contributed by atoms with Gasteiger partial charge in [0.15, 0.2) is 12.2 Å². The third-order valence-corrected chi connectivity index (χ3v) is 4.26. The number of carbonyl (C=O) groups is 4. The van der Waals surface area contributed by atoms with Crippen molar-refractivity contribution in [1.82, 2.24) is 0 Å². The summed E-state index contributed by atoms with van der Waals surface area (Å²) < 4.78 is 20.1. The molecule has 32 heavy (non-hydrogen) atoms. The molecule has 0 saturated carbocycles. The molecule has 0 amide bonds. The Balaban J connectivity index is 1.64. The lowest BCUT2D eigenvalue weighted by atomic mass is 10.2. The minimum atomic E-state index is -1.12. The first kappa shape index (κ1) is 24.6. The molecule has 0 unspecified atom stereocenters. The Morgan fingerprint density at radius 2 is 0.969 bits per heavy atom. The van der Waals surface area contributed by atoms with Crippen LogP contribution in [0, 0.1) is 0 Å². The lowest BCUT2D eigenvalue weighted by Crippen LogP contribution is -2.28. The number of ether oxygens (including phenoxy) is 4. The van der Waals surface area contributed by atoms with E-state index in [0.717, 1.165) is 11.1 Å². The second kappa shape index (κ2) is 12.9. The Morgan fingerprint density at radius 1 is 0.625 bits per heavy atom. The van der Waals surface area contributed by atoms with Gasteiger partial charge in [0.25, 0.3) is 0 Å². The van der Waals surface area contributed by atoms with Crippen LogP contribution in [0.5, 0.6) is 0 Å². The van der Waals surface area contributed by atoms with Gasteiger partial charge in [0, 0.05) is 0 Å². The van der Waals surface area contributed by atoms with Gasteiger partial charge in [-0.15, -0.1) is 0 Å². The van der Waals surface area contributed by atoms with Crippen LogP contribution >= 0.6 is 0 Å². The maximum absolute atomic E-state index is 11.9. The lowest BCUT2D eigenvalue weighted by molar-refractivity contribution is -0.170. The second-order valence-corrected chi connectivity index (χ2v) is 6.95. The summed E-state index contributed by atoms with van der Waals surface area (Å²) in [6.45, 7) is 2.89. The van der Waals surface area contributed by atoms with Crippen LogP contribution in [0.25, 0.3) is 0 Å². The zero-order valence-corrected chi connectivity index (χ0v) is 18.0. The van der Waals surface area contributed by atoms with Crippen molar-refractivity contribution >= 4 is 23.9 Å². The van der Waals surface area contributed by atoms with Crippen LogP contribution in [-0.4, -0.2) is 36.1 Å². The van der Waals surface area contributed by atoms with Crippen LogP contribution in [0.4, 0.5) is 0 Å². The van der Waals surface area contributed by atoms with Crippen molar-refractivity contribution in [3.8, 4) is 0 Å². The van der Waals surface area contributed by atoms with E-state index in [0.29, 0.717) is 0 Å². The highest BCUT2D eigenvalue weighted by Crippen LogP contribution is 2.07. The average Bonchev–Trinajstić information content (AvgIpc) is 2.80. The summed E-state index contributed by atoms with van der Waals surface area (Å²) >= 11 is 0. The number of hydrogen-bond donors (Lipinski definition) is 0. The molecule has 2 aromatic rings. The van der Waals surface area contributed by atoms with E-state index < -0.39 is 36.1 Å². The monoisotopic (exact) mass is 442 g/mol. The van der Waals surface area contributed by atoms with Gasteiger partial charge in [-0.25, -0.2) is 9.59 Å². The third kappa shape index (κ3) is 8.99. The molecule has 0 aromatic heterocycles. The Bertz CT molecular complexity index is 819. The molecule has 0 saturated heterocycles. The quantitative estimate of drug-likeness (QED) is 0.386. The molecule has 0 fully saturated rings. The summed E-state index contributed by atoms with van der Waals surface area (Å²) in [6.07, 6.45) is -2.84. The highest BCUT2D eigenvalue weighted by atomic mass is 16.6. The van der Waals surface area contributed by atoms with Crippen LogP contribution in [0.2, 0.25) is 0 Å². The summed E-state index contributed by atoms with van der Waals surface area (Å²) in [4.78, 5) is 47.6. The summed E-state index contributed by atoms with van der Waals surface area (Å²) in [6, 6.07) is 18.1. The van der Waals surface area contributed by atoms with Gasteiger partial charge in [-0.3, -0.25) is 9.59 Å². The second-order valence-electron chi connectivity index (χ2n) is 6.95. The van der Waals surface area contributed by atoms with E-state index in [1.807, 2.05) is 36.4 Å². The van der Waals surface area contributed by atoms with Gasteiger partial charge >= 0.3 is 23.9 Å². The lowest BCUT2D eigenvalue weighted by Gasteiger charge is -2.14. The van der Waals surface area contributed by atoms with E-state index >= 15 is 0 Å². The molecule has 8 heteroatoms. The van der Waals surface area contributed by atoms with Crippen molar-refractivity contribution in [2.45, 2.75) is 52.1 Å².